The minimum atomic E-state index is -1.50. The van der Waals surface area contributed by atoms with Gasteiger partial charge in [0.05, 0.1) is 18.6 Å². The van der Waals surface area contributed by atoms with Crippen molar-refractivity contribution in [2.24, 2.45) is 11.8 Å². The Morgan fingerprint density at radius 3 is 2.74 bits per heavy atom. The molecule has 0 radical (unpaired) electrons. The predicted molar refractivity (Wildman–Crippen MR) is 148 cm³/mol. The minimum absolute atomic E-state index is 0.296. The molecular weight excluding hydrogens is 496 g/mol. The van der Waals surface area contributed by atoms with Gasteiger partial charge in [0, 0.05) is 42.5 Å². The van der Waals surface area contributed by atoms with Crippen LogP contribution in [0.25, 0.3) is 11.3 Å². The van der Waals surface area contributed by atoms with Crippen molar-refractivity contribution in [2.75, 3.05) is 24.4 Å². The number of aromatic nitrogens is 4. The van der Waals surface area contributed by atoms with Gasteiger partial charge in [-0.05, 0) is 68.0 Å². The highest BCUT2D eigenvalue weighted by molar-refractivity contribution is 7.92. The van der Waals surface area contributed by atoms with Crippen molar-refractivity contribution in [3.05, 3.63) is 83.4 Å². The van der Waals surface area contributed by atoms with Crippen molar-refractivity contribution in [3.8, 4) is 17.1 Å². The van der Waals surface area contributed by atoms with Crippen LogP contribution in [0.4, 0.5) is 5.95 Å². The Bertz CT molecular complexity index is 1390. The van der Waals surface area contributed by atoms with Crippen LogP contribution < -0.4 is 9.46 Å². The zero-order valence-corrected chi connectivity index (χ0v) is 22.5. The van der Waals surface area contributed by atoms with Gasteiger partial charge < -0.3 is 14.3 Å². The first-order chi connectivity index (χ1) is 18.5. The number of likely N-dealkylation sites (tertiary alicyclic amines) is 1. The van der Waals surface area contributed by atoms with Crippen LogP contribution in [0, 0.1) is 25.7 Å². The lowest BCUT2D eigenvalue weighted by Gasteiger charge is -2.38. The molecule has 2 unspecified atom stereocenters. The summed E-state index contributed by atoms with van der Waals surface area (Å²) in [6.07, 6.45) is 5.61. The van der Waals surface area contributed by atoms with Gasteiger partial charge in [0.25, 0.3) is 5.95 Å². The summed E-state index contributed by atoms with van der Waals surface area (Å²) in [6, 6.07) is 16.2. The second kappa shape index (κ2) is 10.8. The molecule has 3 atom stereocenters. The highest BCUT2D eigenvalue weighted by Gasteiger charge is 2.31. The summed E-state index contributed by atoms with van der Waals surface area (Å²) in [5.74, 6) is 1.55. The van der Waals surface area contributed by atoms with E-state index < -0.39 is 11.4 Å². The minimum Gasteiger partial charge on any atom is -0.588 e. The summed E-state index contributed by atoms with van der Waals surface area (Å²) >= 11 is -1.50. The molecular formula is C29H32N6O2S. The maximum Gasteiger partial charge on any atom is 0.269 e. The number of ether oxygens (including phenoxy) is 1. The van der Waals surface area contributed by atoms with Crippen LogP contribution in [0.5, 0.6) is 5.88 Å². The van der Waals surface area contributed by atoms with Crippen molar-refractivity contribution in [3.63, 3.8) is 0 Å². The topological polar surface area (TPSA) is 102 Å². The molecule has 2 aromatic carbocycles. The Kier molecular flexibility index (Phi) is 7.06. The van der Waals surface area contributed by atoms with Gasteiger partial charge in [-0.15, -0.1) is 0 Å². The van der Waals surface area contributed by atoms with E-state index in [4.69, 9.17) is 9.72 Å². The van der Waals surface area contributed by atoms with Gasteiger partial charge in [-0.2, -0.15) is 9.71 Å². The van der Waals surface area contributed by atoms with Gasteiger partial charge in [0.15, 0.2) is 4.90 Å². The number of imidazole rings is 1. The van der Waals surface area contributed by atoms with Gasteiger partial charge >= 0.3 is 0 Å². The van der Waals surface area contributed by atoms with Crippen LogP contribution in [-0.4, -0.2) is 49.1 Å². The lowest BCUT2D eigenvalue weighted by atomic mass is 9.81. The Balaban J connectivity index is 1.36. The zero-order valence-electron chi connectivity index (χ0n) is 21.7. The van der Waals surface area contributed by atoms with Crippen molar-refractivity contribution < 1.29 is 9.29 Å². The maximum atomic E-state index is 13.3. The number of anilines is 1. The van der Waals surface area contributed by atoms with E-state index >= 15 is 0 Å². The van der Waals surface area contributed by atoms with Crippen molar-refractivity contribution in [1.29, 1.82) is 0 Å². The molecule has 1 fully saturated rings. The smallest absolute Gasteiger partial charge is 0.269 e. The summed E-state index contributed by atoms with van der Waals surface area (Å²) in [7, 11) is 0. The highest BCUT2D eigenvalue weighted by atomic mass is 32.2. The van der Waals surface area contributed by atoms with Crippen molar-refractivity contribution in [2.45, 2.75) is 38.1 Å². The van der Waals surface area contributed by atoms with E-state index in [1.165, 1.54) is 5.56 Å². The third-order valence-electron chi connectivity index (χ3n) is 7.60. The van der Waals surface area contributed by atoms with E-state index in [9.17, 15) is 4.55 Å². The van der Waals surface area contributed by atoms with E-state index in [1.807, 2.05) is 36.5 Å². The molecule has 196 valence electrons. The average Bonchev–Trinajstić information content (AvgIpc) is 3.41. The number of aromatic amines is 1. The van der Waals surface area contributed by atoms with Crippen molar-refractivity contribution >= 4 is 17.3 Å². The number of H-pyrrole nitrogens is 1. The number of piperidine rings is 1. The van der Waals surface area contributed by atoms with Crippen molar-refractivity contribution in [1.82, 2.24) is 24.8 Å². The number of nitrogens with zero attached hydrogens (tertiary/aromatic N) is 4. The number of nitrogens with one attached hydrogen (secondary N) is 2. The van der Waals surface area contributed by atoms with Crippen LogP contribution in [-0.2, 0) is 24.3 Å². The normalized spacial score (nSPS) is 21.7. The first-order valence-electron chi connectivity index (χ1n) is 13.1. The molecule has 2 aliphatic rings. The van der Waals surface area contributed by atoms with E-state index in [2.05, 4.69) is 56.6 Å². The molecule has 0 saturated carbocycles. The summed E-state index contributed by atoms with van der Waals surface area (Å²) < 4.78 is 22.7. The molecule has 1 saturated heterocycles. The largest absolute Gasteiger partial charge is 0.588 e. The highest BCUT2D eigenvalue weighted by Crippen LogP contribution is 2.32. The molecule has 4 bridgehead atoms. The van der Waals surface area contributed by atoms with E-state index in [0.717, 1.165) is 65.4 Å². The molecule has 0 spiro atoms. The fraction of sp³-hybridized carbons (Fsp3) is 0.345. The molecule has 6 rings (SSSR count). The fourth-order valence-corrected chi connectivity index (χ4v) is 6.52. The molecule has 4 aromatic rings. The van der Waals surface area contributed by atoms with E-state index in [-0.39, 0.29) is 0 Å². The summed E-state index contributed by atoms with van der Waals surface area (Å²) in [6.45, 7) is 7.48. The monoisotopic (exact) mass is 528 g/mol. The first kappa shape index (κ1) is 24.9. The lowest BCUT2D eigenvalue weighted by molar-refractivity contribution is 0.0740. The third-order valence-corrected chi connectivity index (χ3v) is 8.65. The van der Waals surface area contributed by atoms with Gasteiger partial charge in [0.1, 0.15) is 11.4 Å². The molecule has 0 amide bonds. The quantitative estimate of drug-likeness (QED) is 0.372. The van der Waals surface area contributed by atoms with Gasteiger partial charge in [-0.1, -0.05) is 30.3 Å². The van der Waals surface area contributed by atoms with Crippen LogP contribution in [0.1, 0.15) is 28.8 Å². The Morgan fingerprint density at radius 2 is 1.92 bits per heavy atom. The Labute approximate surface area is 226 Å². The molecule has 9 heteroatoms. The molecule has 4 heterocycles. The molecule has 38 heavy (non-hydrogen) atoms. The van der Waals surface area contributed by atoms with Crippen LogP contribution in [0.2, 0.25) is 0 Å². The number of rotatable bonds is 3. The second-order valence-corrected chi connectivity index (χ2v) is 11.5. The Hall–Kier alpha value is -3.40. The van der Waals surface area contributed by atoms with Crippen LogP contribution >= 0.6 is 0 Å². The molecule has 0 aliphatic carbocycles. The molecule has 2 aromatic heterocycles. The second-order valence-electron chi connectivity index (χ2n) is 10.3. The Morgan fingerprint density at radius 1 is 1.08 bits per heavy atom. The summed E-state index contributed by atoms with van der Waals surface area (Å²) in [5.41, 5.74) is 6.35. The fourth-order valence-electron chi connectivity index (χ4n) is 5.69. The summed E-state index contributed by atoms with van der Waals surface area (Å²) in [4.78, 5) is 20.0. The lowest BCUT2D eigenvalue weighted by Crippen LogP contribution is -2.43. The predicted octanol–water partition coefficient (Wildman–Crippen LogP) is 4.69. The number of fused-ring (bicyclic) bond motifs is 5. The number of benzene rings is 2. The van der Waals surface area contributed by atoms with E-state index in [0.29, 0.717) is 30.3 Å². The molecule has 2 aliphatic heterocycles. The van der Waals surface area contributed by atoms with Crippen LogP contribution in [0.15, 0.2) is 66.0 Å². The SMILES string of the molecule is Cc1cccc(C)c1-c1cc2nc(n1)N[S+]([O-])c1cccc(c1)CC1CCN(Cc3cnc[nH]3)C[C@@H]1CO2. The number of hydrogen-bond donors (Lipinski definition) is 2. The van der Waals surface area contributed by atoms with Crippen LogP contribution in [0.3, 0.4) is 0 Å². The van der Waals surface area contributed by atoms with Gasteiger partial charge in [-0.25, -0.2) is 9.97 Å². The summed E-state index contributed by atoms with van der Waals surface area (Å²) in [5, 5.41) is 0. The third kappa shape index (κ3) is 5.41. The standard InChI is InChI=1S/C29H32N6O2S/c1-19-5-3-6-20(2)28(19)26-13-27-33-29(32-26)34-38(36)25-8-4-7-21(12-25)11-22-9-10-35(15-23(22)17-37-27)16-24-14-30-18-31-24/h3-8,12-14,18,22-23H,9-11,15-17H2,1-2H3,(H,30,31)(H,32,33,34)/t22?,23-,38?/m1/s1. The number of hydrogen-bond acceptors (Lipinski definition) is 7. The van der Waals surface area contributed by atoms with E-state index in [1.54, 1.807) is 6.33 Å². The average molecular weight is 529 g/mol. The maximum absolute atomic E-state index is 13.3. The zero-order chi connectivity index (χ0) is 26.1. The molecule has 8 nitrogen and oxygen atoms in total. The first-order valence-corrected chi connectivity index (χ1v) is 14.2. The van der Waals surface area contributed by atoms with Gasteiger partial charge in [-0.3, -0.25) is 4.90 Å². The van der Waals surface area contributed by atoms with Gasteiger partial charge in [0.2, 0.25) is 5.88 Å². The molecule has 2 N–H and O–H groups in total. The number of aryl methyl sites for hydroxylation is 2.